The predicted molar refractivity (Wildman–Crippen MR) is 69.0 cm³/mol. The smallest absolute Gasteiger partial charge is 0.253 e. The maximum Gasteiger partial charge on any atom is 0.253 e. The molecule has 23 heavy (non-hydrogen) atoms. The lowest BCUT2D eigenvalue weighted by atomic mass is 10.3. The van der Waals surface area contributed by atoms with E-state index in [1.54, 1.807) is 0 Å². The topological polar surface area (TPSA) is 34.1 Å². The minimum Gasteiger partial charge on any atom is -0.488 e. The van der Waals surface area contributed by atoms with Crippen LogP contribution in [0.1, 0.15) is 6.92 Å². The zero-order valence-corrected chi connectivity index (χ0v) is 11.6. The normalized spacial score (nSPS) is 12.1. The van der Waals surface area contributed by atoms with Gasteiger partial charge in [-0.05, 0) is 19.1 Å². The van der Waals surface area contributed by atoms with E-state index in [9.17, 15) is 26.3 Å². The second kappa shape index (κ2) is 6.76. The lowest BCUT2D eigenvalue weighted by molar-refractivity contribution is 0.287. The molecule has 1 aromatic heterocycles. The van der Waals surface area contributed by atoms with Crippen molar-refractivity contribution >= 4 is 5.69 Å². The number of ether oxygens (including phenoxy) is 1. The monoisotopic (exact) mass is 336 g/mol. The molecule has 0 saturated carbocycles. The number of hydrogen-bond donors (Lipinski definition) is 1. The summed E-state index contributed by atoms with van der Waals surface area (Å²) in [6, 6.07) is 1.73. The molecule has 0 spiro atoms. The molecule has 0 aliphatic carbocycles. The van der Waals surface area contributed by atoms with E-state index >= 15 is 0 Å². The lowest BCUT2D eigenvalue weighted by Crippen LogP contribution is -2.25. The second-order valence-electron chi connectivity index (χ2n) is 4.63. The van der Waals surface area contributed by atoms with Crippen LogP contribution in [-0.4, -0.2) is 17.6 Å². The van der Waals surface area contributed by atoms with Gasteiger partial charge in [-0.25, -0.2) is 8.78 Å². The van der Waals surface area contributed by atoms with Crippen LogP contribution < -0.4 is 10.1 Å². The molecule has 3 nitrogen and oxygen atoms in total. The summed E-state index contributed by atoms with van der Waals surface area (Å²) in [5, 5.41) is 2.17. The minimum absolute atomic E-state index is 0.284. The molecule has 0 amide bonds. The van der Waals surface area contributed by atoms with E-state index in [1.165, 1.54) is 6.92 Å². The Balaban J connectivity index is 2.07. The Kier molecular flexibility index (Phi) is 4.97. The Bertz CT molecular complexity index is 699. The van der Waals surface area contributed by atoms with Crippen LogP contribution in [0, 0.1) is 35.2 Å². The minimum atomic E-state index is -1.80. The number of halogens is 6. The Morgan fingerprint density at radius 1 is 1.04 bits per heavy atom. The van der Waals surface area contributed by atoms with Gasteiger partial charge in [0.1, 0.15) is 18.1 Å². The number of benzene rings is 1. The molecular formula is C14H10F6N2O. The van der Waals surface area contributed by atoms with E-state index in [1.807, 2.05) is 0 Å². The van der Waals surface area contributed by atoms with Crippen molar-refractivity contribution < 1.29 is 31.1 Å². The van der Waals surface area contributed by atoms with Crippen LogP contribution in [-0.2, 0) is 0 Å². The van der Waals surface area contributed by atoms with Crippen molar-refractivity contribution in [3.63, 3.8) is 0 Å². The molecule has 9 heteroatoms. The number of aromatic nitrogens is 1. The summed E-state index contributed by atoms with van der Waals surface area (Å²) in [6.07, 6.45) is 0. The largest absolute Gasteiger partial charge is 0.488 e. The van der Waals surface area contributed by atoms with Crippen LogP contribution in [0.3, 0.4) is 0 Å². The van der Waals surface area contributed by atoms with Crippen molar-refractivity contribution in [1.82, 2.24) is 4.98 Å². The average Bonchev–Trinajstić information content (AvgIpc) is 2.49. The molecule has 2 aromatic rings. The Morgan fingerprint density at radius 3 is 2.22 bits per heavy atom. The van der Waals surface area contributed by atoms with Gasteiger partial charge in [-0.2, -0.15) is 22.5 Å². The van der Waals surface area contributed by atoms with Gasteiger partial charge in [0.05, 0.1) is 6.04 Å². The summed E-state index contributed by atoms with van der Waals surface area (Å²) in [5.41, 5.74) is -1.05. The van der Waals surface area contributed by atoms with Crippen LogP contribution in [0.25, 0.3) is 0 Å². The molecule has 0 bridgehead atoms. The van der Waals surface area contributed by atoms with Crippen LogP contribution in [0.4, 0.5) is 32.0 Å². The van der Waals surface area contributed by atoms with Crippen molar-refractivity contribution in [3.05, 3.63) is 53.4 Å². The third kappa shape index (κ3) is 3.85. The van der Waals surface area contributed by atoms with Gasteiger partial charge < -0.3 is 10.1 Å². The molecule has 1 unspecified atom stereocenters. The maximum atomic E-state index is 13.4. The highest BCUT2D eigenvalue weighted by Gasteiger charge is 2.22. The number of anilines is 1. The quantitative estimate of drug-likeness (QED) is 0.666. The number of nitrogens with one attached hydrogen (secondary N) is 1. The number of hydrogen-bond acceptors (Lipinski definition) is 3. The van der Waals surface area contributed by atoms with Gasteiger partial charge in [0.25, 0.3) is 11.9 Å². The first kappa shape index (κ1) is 16.9. The van der Waals surface area contributed by atoms with E-state index < -0.39 is 46.9 Å². The van der Waals surface area contributed by atoms with Gasteiger partial charge in [-0.3, -0.25) is 0 Å². The van der Waals surface area contributed by atoms with E-state index in [4.69, 9.17) is 4.74 Å². The fraction of sp³-hybridized carbons (Fsp3) is 0.214. The van der Waals surface area contributed by atoms with E-state index in [0.29, 0.717) is 6.07 Å². The molecule has 1 atom stereocenters. The van der Waals surface area contributed by atoms with Gasteiger partial charge in [0.15, 0.2) is 11.6 Å². The first-order valence-electron chi connectivity index (χ1n) is 6.34. The highest BCUT2D eigenvalue weighted by molar-refractivity contribution is 5.46. The van der Waals surface area contributed by atoms with Crippen molar-refractivity contribution in [2.45, 2.75) is 13.0 Å². The Morgan fingerprint density at radius 2 is 1.65 bits per heavy atom. The van der Waals surface area contributed by atoms with Crippen molar-refractivity contribution in [3.8, 4) is 5.75 Å². The van der Waals surface area contributed by atoms with Gasteiger partial charge in [-0.1, -0.05) is 0 Å². The Hall–Kier alpha value is -2.45. The number of rotatable bonds is 5. The molecule has 1 aromatic carbocycles. The van der Waals surface area contributed by atoms with Crippen molar-refractivity contribution in [2.24, 2.45) is 0 Å². The van der Waals surface area contributed by atoms with Crippen LogP contribution in [0.5, 0.6) is 5.75 Å². The molecule has 1 N–H and O–H groups in total. The van der Waals surface area contributed by atoms with Crippen LogP contribution >= 0.6 is 0 Å². The maximum absolute atomic E-state index is 13.4. The fourth-order valence-corrected chi connectivity index (χ4v) is 1.71. The SMILES string of the molecule is CC(COc1ccc(F)cc1F)Nc1c(F)c(F)nc(F)c1F. The highest BCUT2D eigenvalue weighted by atomic mass is 19.2. The predicted octanol–water partition coefficient (Wildman–Crippen LogP) is 3.80. The molecule has 0 saturated heterocycles. The summed E-state index contributed by atoms with van der Waals surface area (Å²) in [7, 11) is 0. The standard InChI is InChI=1S/C14H10F6N2O/c1-6(5-23-9-3-2-7(15)4-8(9)16)21-12-10(17)13(19)22-14(20)11(12)18/h2-4,6H,5H2,1H3,(H,21,22). The zero-order chi connectivity index (χ0) is 17.1. The van der Waals surface area contributed by atoms with E-state index in [-0.39, 0.29) is 12.4 Å². The van der Waals surface area contributed by atoms with Crippen molar-refractivity contribution in [2.75, 3.05) is 11.9 Å². The molecule has 0 aliphatic rings. The van der Waals surface area contributed by atoms with E-state index in [2.05, 4.69) is 10.3 Å². The molecule has 0 fully saturated rings. The second-order valence-corrected chi connectivity index (χ2v) is 4.63. The Labute approximate surface area is 126 Å². The zero-order valence-electron chi connectivity index (χ0n) is 11.6. The van der Waals surface area contributed by atoms with Crippen LogP contribution in [0.15, 0.2) is 18.2 Å². The van der Waals surface area contributed by atoms with E-state index in [0.717, 1.165) is 12.1 Å². The molecule has 0 radical (unpaired) electrons. The van der Waals surface area contributed by atoms with Crippen LogP contribution in [0.2, 0.25) is 0 Å². The molecule has 124 valence electrons. The van der Waals surface area contributed by atoms with Gasteiger partial charge in [0, 0.05) is 6.07 Å². The summed E-state index contributed by atoms with van der Waals surface area (Å²) in [4.78, 5) is 2.41. The van der Waals surface area contributed by atoms with Gasteiger partial charge in [0.2, 0.25) is 11.6 Å². The van der Waals surface area contributed by atoms with Gasteiger partial charge >= 0.3 is 0 Å². The fourth-order valence-electron chi connectivity index (χ4n) is 1.71. The molecule has 2 rings (SSSR count). The molecule has 0 aliphatic heterocycles. The number of nitrogens with zero attached hydrogens (tertiary/aromatic N) is 1. The first-order chi connectivity index (χ1) is 10.8. The average molecular weight is 336 g/mol. The molecule has 1 heterocycles. The summed E-state index contributed by atoms with van der Waals surface area (Å²) in [5.74, 6) is -9.03. The third-order valence-corrected chi connectivity index (χ3v) is 2.77. The lowest BCUT2D eigenvalue weighted by Gasteiger charge is -2.17. The first-order valence-corrected chi connectivity index (χ1v) is 6.34. The van der Waals surface area contributed by atoms with Gasteiger partial charge in [-0.15, -0.1) is 0 Å². The number of pyridine rings is 1. The molecular weight excluding hydrogens is 326 g/mol. The van der Waals surface area contributed by atoms with Crippen molar-refractivity contribution in [1.29, 1.82) is 0 Å². The summed E-state index contributed by atoms with van der Waals surface area (Å²) >= 11 is 0. The summed E-state index contributed by atoms with van der Waals surface area (Å²) in [6.45, 7) is 1.06. The summed E-state index contributed by atoms with van der Waals surface area (Å²) < 4.78 is 83.9. The third-order valence-electron chi connectivity index (χ3n) is 2.77. The highest BCUT2D eigenvalue weighted by Crippen LogP contribution is 2.23.